The number of hydrogen-bond acceptors (Lipinski definition) is 7. The monoisotopic (exact) mass is 610 g/mol. The number of carbonyl (C=O) groups excluding carboxylic acids is 3. The Morgan fingerprint density at radius 2 is 1.62 bits per heavy atom. The van der Waals surface area contributed by atoms with Crippen molar-refractivity contribution in [2.75, 3.05) is 16.4 Å². The molecule has 0 unspecified atom stereocenters. The number of amides is 3. The second-order valence-corrected chi connectivity index (χ2v) is 12.0. The van der Waals surface area contributed by atoms with E-state index in [1.807, 2.05) is 72.3 Å². The van der Waals surface area contributed by atoms with E-state index in [9.17, 15) is 14.4 Å². The molecule has 3 amide bonds. The first-order chi connectivity index (χ1) is 20.4. The van der Waals surface area contributed by atoms with Crippen LogP contribution in [0.2, 0.25) is 0 Å². The minimum atomic E-state index is -0.444. The van der Waals surface area contributed by atoms with Crippen LogP contribution in [0.15, 0.2) is 112 Å². The highest BCUT2D eigenvalue weighted by atomic mass is 32.2. The van der Waals surface area contributed by atoms with E-state index in [0.29, 0.717) is 16.4 Å². The molecule has 0 saturated heterocycles. The molecule has 0 spiro atoms. The lowest BCUT2D eigenvalue weighted by Crippen LogP contribution is -2.30. The molecule has 0 aliphatic carbocycles. The fraction of sp³-hybridized carbons (Fsp3) is 0.0625. The molecule has 0 saturated carbocycles. The first-order valence-electron chi connectivity index (χ1n) is 12.9. The van der Waals surface area contributed by atoms with Gasteiger partial charge in [0, 0.05) is 32.0 Å². The van der Waals surface area contributed by atoms with E-state index in [1.54, 1.807) is 42.5 Å². The van der Waals surface area contributed by atoms with E-state index in [1.165, 1.54) is 40.0 Å². The first-order valence-corrected chi connectivity index (χ1v) is 15.7. The van der Waals surface area contributed by atoms with Crippen LogP contribution in [0.5, 0.6) is 0 Å². The van der Waals surface area contributed by atoms with E-state index in [2.05, 4.69) is 20.9 Å². The molecule has 0 fully saturated rings. The molecule has 5 aromatic rings. The summed E-state index contributed by atoms with van der Waals surface area (Å²) in [6.07, 6.45) is 1.65. The van der Waals surface area contributed by atoms with Gasteiger partial charge in [-0.1, -0.05) is 54.1 Å². The molecule has 210 valence electrons. The lowest BCUT2D eigenvalue weighted by Gasteiger charge is -2.11. The average Bonchev–Trinajstić information content (AvgIpc) is 3.70. The van der Waals surface area contributed by atoms with Crippen molar-refractivity contribution >= 4 is 69.1 Å². The van der Waals surface area contributed by atoms with E-state index < -0.39 is 5.91 Å². The van der Waals surface area contributed by atoms with Gasteiger partial charge in [-0.3, -0.25) is 14.4 Å². The second-order valence-electron chi connectivity index (χ2n) is 9.11. The third-order valence-corrected chi connectivity index (χ3v) is 8.53. The van der Waals surface area contributed by atoms with Crippen LogP contribution in [-0.2, 0) is 9.59 Å². The van der Waals surface area contributed by atoms with Crippen LogP contribution < -0.4 is 16.0 Å². The number of anilines is 2. The highest BCUT2D eigenvalue weighted by molar-refractivity contribution is 8.00. The van der Waals surface area contributed by atoms with E-state index in [0.717, 1.165) is 21.0 Å². The van der Waals surface area contributed by atoms with Gasteiger partial charge in [0.15, 0.2) is 5.13 Å². The molecule has 3 N–H and O–H groups in total. The highest BCUT2D eigenvalue weighted by Crippen LogP contribution is 2.26. The van der Waals surface area contributed by atoms with E-state index in [-0.39, 0.29) is 23.3 Å². The molecule has 7 nitrogen and oxygen atoms in total. The van der Waals surface area contributed by atoms with E-state index >= 15 is 0 Å². The molecule has 2 aromatic heterocycles. The van der Waals surface area contributed by atoms with Crippen LogP contribution >= 0.6 is 34.4 Å². The van der Waals surface area contributed by atoms with E-state index in [4.69, 9.17) is 0 Å². The second kappa shape index (κ2) is 13.9. The number of nitrogens with zero attached hydrogens (tertiary/aromatic N) is 1. The normalized spacial score (nSPS) is 11.1. The van der Waals surface area contributed by atoms with Crippen LogP contribution in [0.25, 0.3) is 17.3 Å². The van der Waals surface area contributed by atoms with Crippen LogP contribution in [0.3, 0.4) is 0 Å². The van der Waals surface area contributed by atoms with Crippen LogP contribution in [0.1, 0.15) is 20.8 Å². The lowest BCUT2D eigenvalue weighted by atomic mass is 10.1. The van der Waals surface area contributed by atoms with Crippen LogP contribution in [0.4, 0.5) is 10.8 Å². The van der Waals surface area contributed by atoms with Crippen molar-refractivity contribution in [3.05, 3.63) is 123 Å². The van der Waals surface area contributed by atoms with Gasteiger partial charge in [-0.15, -0.1) is 34.4 Å². The zero-order valence-electron chi connectivity index (χ0n) is 22.5. The average molecular weight is 611 g/mol. The Morgan fingerprint density at radius 1 is 0.857 bits per heavy atom. The predicted octanol–water partition coefficient (Wildman–Crippen LogP) is 7.32. The summed E-state index contributed by atoms with van der Waals surface area (Å²) in [4.78, 5) is 44.6. The predicted molar refractivity (Wildman–Crippen MR) is 173 cm³/mol. The van der Waals surface area contributed by atoms with Gasteiger partial charge in [0.2, 0.25) is 5.91 Å². The highest BCUT2D eigenvalue weighted by Gasteiger charge is 2.16. The van der Waals surface area contributed by atoms with Crippen LogP contribution in [0, 0.1) is 6.92 Å². The number of aryl methyl sites for hydroxylation is 1. The summed E-state index contributed by atoms with van der Waals surface area (Å²) in [5, 5.41) is 12.8. The van der Waals surface area contributed by atoms with Gasteiger partial charge in [0.05, 0.1) is 11.4 Å². The van der Waals surface area contributed by atoms with Gasteiger partial charge in [0.1, 0.15) is 5.70 Å². The third-order valence-electron chi connectivity index (χ3n) is 5.94. The summed E-state index contributed by atoms with van der Waals surface area (Å²) in [6.45, 7) is 2.04. The molecular formula is C32H26N4O3S3. The molecule has 2 heterocycles. The first kappa shape index (κ1) is 29.0. The number of thiophene rings is 1. The van der Waals surface area contributed by atoms with Gasteiger partial charge in [-0.2, -0.15) is 0 Å². The lowest BCUT2D eigenvalue weighted by molar-refractivity contribution is -0.114. The quantitative estimate of drug-likeness (QED) is 0.114. The summed E-state index contributed by atoms with van der Waals surface area (Å²) < 4.78 is 0. The van der Waals surface area contributed by atoms with Gasteiger partial charge < -0.3 is 16.0 Å². The maximum Gasteiger partial charge on any atom is 0.272 e. The number of nitrogens with one attached hydrogen (secondary N) is 3. The fourth-order valence-corrected chi connectivity index (χ4v) is 5.87. The zero-order valence-corrected chi connectivity index (χ0v) is 24.9. The van der Waals surface area contributed by atoms with Gasteiger partial charge in [-0.05, 0) is 60.8 Å². The summed E-state index contributed by atoms with van der Waals surface area (Å²) in [5.41, 5.74) is 4.16. The number of benzene rings is 3. The molecule has 0 atom stereocenters. The van der Waals surface area contributed by atoms with Gasteiger partial charge >= 0.3 is 0 Å². The maximum atomic E-state index is 13.1. The number of thiazole rings is 1. The van der Waals surface area contributed by atoms with Crippen LogP contribution in [-0.4, -0.2) is 28.5 Å². The maximum absolute atomic E-state index is 13.1. The topological polar surface area (TPSA) is 100 Å². The van der Waals surface area contributed by atoms with Crippen molar-refractivity contribution in [2.45, 2.75) is 11.8 Å². The summed E-state index contributed by atoms with van der Waals surface area (Å²) in [7, 11) is 0. The Balaban J connectivity index is 1.15. The van der Waals surface area contributed by atoms with Gasteiger partial charge in [0.25, 0.3) is 11.8 Å². The fourth-order valence-electron chi connectivity index (χ4n) is 3.78. The molecule has 5 rings (SSSR count). The third kappa shape index (κ3) is 8.03. The SMILES string of the molecule is Cc1ccc(-c2csc(NC(=O)CSc3ccc(NC(=O)/C(=C/c4cccs4)NC(=O)c4ccccc4)cc3)n2)cc1. The number of hydrogen-bond donors (Lipinski definition) is 3. The van der Waals surface area contributed by atoms with Crippen molar-refractivity contribution in [3.8, 4) is 11.3 Å². The standard InChI is InChI=1S/C32H26N4O3S3/c1-21-9-11-22(12-10-21)28-19-42-32(35-28)36-29(37)20-41-25-15-13-24(14-16-25)33-31(39)27(18-26-8-5-17-40-26)34-30(38)23-6-3-2-4-7-23/h2-19H,20H2,1H3,(H,33,39)(H,34,38)(H,35,36,37)/b27-18-. The molecule has 10 heteroatoms. The van der Waals surface area contributed by atoms with Gasteiger partial charge in [-0.25, -0.2) is 4.98 Å². The Kier molecular flexibility index (Phi) is 9.60. The minimum absolute atomic E-state index is 0.133. The smallest absolute Gasteiger partial charge is 0.272 e. The molecule has 0 aliphatic rings. The summed E-state index contributed by atoms with van der Waals surface area (Å²) in [6, 6.07) is 27.7. The number of thioether (sulfide) groups is 1. The Morgan fingerprint density at radius 3 is 2.33 bits per heavy atom. The van der Waals surface area contributed by atoms with Crippen molar-refractivity contribution in [1.29, 1.82) is 0 Å². The number of carbonyl (C=O) groups is 3. The molecule has 42 heavy (non-hydrogen) atoms. The number of rotatable bonds is 10. The van der Waals surface area contributed by atoms with Crippen molar-refractivity contribution in [3.63, 3.8) is 0 Å². The van der Waals surface area contributed by atoms with Crippen molar-refractivity contribution in [2.24, 2.45) is 0 Å². The molecule has 0 radical (unpaired) electrons. The van der Waals surface area contributed by atoms with Crippen molar-refractivity contribution in [1.82, 2.24) is 10.3 Å². The molecular weight excluding hydrogens is 585 g/mol. The van der Waals surface area contributed by atoms with Crippen molar-refractivity contribution < 1.29 is 14.4 Å². The minimum Gasteiger partial charge on any atom is -0.321 e. The summed E-state index contributed by atoms with van der Waals surface area (Å²) in [5.74, 6) is -0.756. The zero-order chi connectivity index (χ0) is 29.3. The molecule has 0 aliphatic heterocycles. The molecule has 3 aromatic carbocycles. The largest absolute Gasteiger partial charge is 0.321 e. The Bertz CT molecular complexity index is 1700. The Labute approximate surface area is 255 Å². The Hall–Kier alpha value is -4.51. The summed E-state index contributed by atoms with van der Waals surface area (Å²) >= 11 is 4.23. The number of aromatic nitrogens is 1. The molecule has 0 bridgehead atoms.